The number of esters is 1. The standard InChI is InChI=1S/C65H123NO5/c1-4-7-10-13-16-19-22-25-28-31-34-37-40-43-46-49-52-55-58-65(70)71-61(56-53-50-47-44-41-38-35-32-29-26-23-20-17-14-11-8-5-2)59-64(69)66-62(60-67)63(68)57-54-51-48-45-42-39-36-33-30-27-24-21-18-15-12-9-6-3/h26,28-29,31,34,37,61-63,67-68H,4-25,27,30,32-33,35-36,38-60H2,1-3H3,(H,66,69)/b29-26+,31-28+,37-34+. The van der Waals surface area contributed by atoms with Crippen molar-refractivity contribution in [2.24, 2.45) is 0 Å². The van der Waals surface area contributed by atoms with Crippen molar-refractivity contribution in [3.05, 3.63) is 36.5 Å². The molecule has 0 saturated heterocycles. The van der Waals surface area contributed by atoms with Gasteiger partial charge in [-0.05, 0) is 77.0 Å². The quantitative estimate of drug-likeness (QED) is 0.0244. The van der Waals surface area contributed by atoms with E-state index in [9.17, 15) is 19.8 Å². The van der Waals surface area contributed by atoms with E-state index in [2.05, 4.69) is 62.5 Å². The number of ether oxygens (including phenoxy) is 1. The minimum absolute atomic E-state index is 0.0717. The van der Waals surface area contributed by atoms with E-state index in [-0.39, 0.29) is 24.9 Å². The van der Waals surface area contributed by atoms with Gasteiger partial charge in [0.1, 0.15) is 6.10 Å². The van der Waals surface area contributed by atoms with Gasteiger partial charge in [0.05, 0.1) is 25.2 Å². The molecule has 0 aliphatic carbocycles. The molecule has 0 aromatic rings. The summed E-state index contributed by atoms with van der Waals surface area (Å²) >= 11 is 0. The maximum atomic E-state index is 13.3. The average Bonchev–Trinajstić information content (AvgIpc) is 3.36. The van der Waals surface area contributed by atoms with Gasteiger partial charge in [-0.2, -0.15) is 0 Å². The van der Waals surface area contributed by atoms with Crippen LogP contribution in [0, 0.1) is 0 Å². The number of hydrogen-bond acceptors (Lipinski definition) is 5. The number of amides is 1. The van der Waals surface area contributed by atoms with Gasteiger partial charge in [-0.15, -0.1) is 0 Å². The number of aliphatic hydroxyl groups excluding tert-OH is 2. The van der Waals surface area contributed by atoms with Gasteiger partial charge in [-0.25, -0.2) is 0 Å². The van der Waals surface area contributed by atoms with E-state index in [0.29, 0.717) is 19.3 Å². The predicted molar refractivity (Wildman–Crippen MR) is 310 cm³/mol. The van der Waals surface area contributed by atoms with Crippen LogP contribution in [0.3, 0.4) is 0 Å². The summed E-state index contributed by atoms with van der Waals surface area (Å²) in [4.78, 5) is 26.4. The lowest BCUT2D eigenvalue weighted by Gasteiger charge is -2.24. The molecule has 0 fully saturated rings. The molecule has 3 N–H and O–H groups in total. The van der Waals surface area contributed by atoms with Crippen molar-refractivity contribution in [3.8, 4) is 0 Å². The van der Waals surface area contributed by atoms with Gasteiger partial charge in [-0.1, -0.05) is 288 Å². The summed E-state index contributed by atoms with van der Waals surface area (Å²) in [5.74, 6) is -0.477. The average molecular weight is 999 g/mol. The Hall–Kier alpha value is -1.92. The van der Waals surface area contributed by atoms with Crippen molar-refractivity contribution >= 4 is 11.9 Å². The molecule has 0 saturated carbocycles. The first-order valence-electron chi connectivity index (χ1n) is 31.7. The van der Waals surface area contributed by atoms with Crippen LogP contribution in [0.1, 0.15) is 342 Å². The second-order valence-electron chi connectivity index (χ2n) is 21.8. The van der Waals surface area contributed by atoms with E-state index in [0.717, 1.165) is 64.2 Å². The first-order chi connectivity index (χ1) is 35.0. The summed E-state index contributed by atoms with van der Waals surface area (Å²) in [6.45, 7) is 6.52. The smallest absolute Gasteiger partial charge is 0.306 e. The maximum absolute atomic E-state index is 13.3. The Morgan fingerprint density at radius 1 is 0.408 bits per heavy atom. The van der Waals surface area contributed by atoms with Crippen molar-refractivity contribution < 1.29 is 24.5 Å². The van der Waals surface area contributed by atoms with Crippen LogP contribution < -0.4 is 5.32 Å². The number of carbonyl (C=O) groups is 2. The lowest BCUT2D eigenvalue weighted by molar-refractivity contribution is -0.151. The van der Waals surface area contributed by atoms with Gasteiger partial charge in [0.15, 0.2) is 0 Å². The van der Waals surface area contributed by atoms with Crippen molar-refractivity contribution in [1.29, 1.82) is 0 Å². The number of aliphatic hydroxyl groups is 2. The van der Waals surface area contributed by atoms with Crippen molar-refractivity contribution in [3.63, 3.8) is 0 Å². The number of unbranched alkanes of at least 4 members (excludes halogenated alkanes) is 41. The molecule has 418 valence electrons. The largest absolute Gasteiger partial charge is 0.462 e. The lowest BCUT2D eigenvalue weighted by atomic mass is 10.0. The minimum Gasteiger partial charge on any atom is -0.462 e. The van der Waals surface area contributed by atoms with Crippen molar-refractivity contribution in [2.45, 2.75) is 360 Å². The topological polar surface area (TPSA) is 95.9 Å². The fourth-order valence-electron chi connectivity index (χ4n) is 9.89. The SMILES string of the molecule is CCCCCCCC/C=C/CCCCCCCCCC(CC(=O)NC(CO)C(O)CCCCCCCCCCCCCCCCCCC)OC(=O)CCCCCCC/C=C/C=C/CCCCCCCCC. The molecule has 0 rings (SSSR count). The highest BCUT2D eigenvalue weighted by Gasteiger charge is 2.24. The van der Waals surface area contributed by atoms with Crippen LogP contribution in [-0.2, 0) is 14.3 Å². The molecule has 0 bridgehead atoms. The third-order valence-corrected chi connectivity index (χ3v) is 14.7. The number of nitrogens with one attached hydrogen (secondary N) is 1. The van der Waals surface area contributed by atoms with Gasteiger partial charge in [0.25, 0.3) is 0 Å². The number of carbonyl (C=O) groups excluding carboxylic acids is 2. The fraction of sp³-hybridized carbons (Fsp3) is 0.877. The third kappa shape index (κ3) is 54.2. The first-order valence-corrected chi connectivity index (χ1v) is 31.7. The molecule has 0 aliphatic heterocycles. The summed E-state index contributed by atoms with van der Waals surface area (Å²) in [6, 6.07) is -0.706. The molecular weight excluding hydrogens is 875 g/mol. The molecule has 0 aliphatic rings. The van der Waals surface area contributed by atoms with Crippen LogP contribution >= 0.6 is 0 Å². The highest BCUT2D eigenvalue weighted by atomic mass is 16.5. The third-order valence-electron chi connectivity index (χ3n) is 14.7. The van der Waals surface area contributed by atoms with E-state index in [1.54, 1.807) is 0 Å². The summed E-state index contributed by atoms with van der Waals surface area (Å²) in [5, 5.41) is 24.0. The van der Waals surface area contributed by atoms with Gasteiger partial charge < -0.3 is 20.3 Å². The summed E-state index contributed by atoms with van der Waals surface area (Å²) in [5.41, 5.74) is 0. The molecule has 6 nitrogen and oxygen atoms in total. The Kier molecular flexibility index (Phi) is 57.4. The normalized spacial score (nSPS) is 13.3. The van der Waals surface area contributed by atoms with E-state index in [4.69, 9.17) is 4.74 Å². The zero-order valence-electron chi connectivity index (χ0n) is 47.9. The zero-order chi connectivity index (χ0) is 51.6. The highest BCUT2D eigenvalue weighted by Crippen LogP contribution is 2.19. The monoisotopic (exact) mass is 998 g/mol. The fourth-order valence-corrected chi connectivity index (χ4v) is 9.89. The summed E-state index contributed by atoms with van der Waals surface area (Å²) in [6.07, 6.45) is 72.2. The maximum Gasteiger partial charge on any atom is 0.306 e. The van der Waals surface area contributed by atoms with Crippen LogP contribution in [0.2, 0.25) is 0 Å². The van der Waals surface area contributed by atoms with Gasteiger partial charge in [0, 0.05) is 6.42 Å². The summed E-state index contributed by atoms with van der Waals surface area (Å²) in [7, 11) is 0. The molecule has 0 spiro atoms. The summed E-state index contributed by atoms with van der Waals surface area (Å²) < 4.78 is 5.98. The Labute approximate surface area is 443 Å². The predicted octanol–water partition coefficient (Wildman–Crippen LogP) is 20.0. The van der Waals surface area contributed by atoms with E-state index in [1.165, 1.54) is 231 Å². The first kappa shape index (κ1) is 69.1. The Balaban J connectivity index is 4.55. The second-order valence-corrected chi connectivity index (χ2v) is 21.8. The number of allylic oxidation sites excluding steroid dienone is 6. The zero-order valence-corrected chi connectivity index (χ0v) is 47.9. The van der Waals surface area contributed by atoms with Gasteiger partial charge in [-0.3, -0.25) is 9.59 Å². The van der Waals surface area contributed by atoms with Crippen LogP contribution in [-0.4, -0.2) is 46.9 Å². The molecule has 71 heavy (non-hydrogen) atoms. The molecule has 0 heterocycles. The minimum atomic E-state index is -0.792. The molecule has 0 aromatic carbocycles. The van der Waals surface area contributed by atoms with Crippen LogP contribution in [0.15, 0.2) is 36.5 Å². The molecule has 1 amide bonds. The second kappa shape index (κ2) is 59.0. The molecular formula is C65H123NO5. The molecule has 0 aromatic heterocycles. The van der Waals surface area contributed by atoms with Crippen LogP contribution in [0.5, 0.6) is 0 Å². The van der Waals surface area contributed by atoms with Gasteiger partial charge in [0.2, 0.25) is 5.91 Å². The van der Waals surface area contributed by atoms with E-state index >= 15 is 0 Å². The molecule has 3 atom stereocenters. The Bertz CT molecular complexity index is 1170. The Morgan fingerprint density at radius 2 is 0.718 bits per heavy atom. The van der Waals surface area contributed by atoms with E-state index < -0.39 is 18.2 Å². The highest BCUT2D eigenvalue weighted by molar-refractivity contribution is 5.77. The van der Waals surface area contributed by atoms with Crippen molar-refractivity contribution in [1.82, 2.24) is 5.32 Å². The van der Waals surface area contributed by atoms with Crippen LogP contribution in [0.4, 0.5) is 0 Å². The number of hydrogen-bond donors (Lipinski definition) is 3. The Morgan fingerprint density at radius 3 is 1.08 bits per heavy atom. The molecule has 6 heteroatoms. The lowest BCUT2D eigenvalue weighted by Crippen LogP contribution is -2.46. The molecule has 0 radical (unpaired) electrons. The van der Waals surface area contributed by atoms with Gasteiger partial charge >= 0.3 is 5.97 Å². The molecule has 3 unspecified atom stereocenters. The number of rotatable bonds is 58. The van der Waals surface area contributed by atoms with Crippen LogP contribution in [0.25, 0.3) is 0 Å². The van der Waals surface area contributed by atoms with E-state index in [1.807, 2.05) is 0 Å². The van der Waals surface area contributed by atoms with Crippen molar-refractivity contribution in [2.75, 3.05) is 6.61 Å².